The van der Waals surface area contributed by atoms with Crippen molar-refractivity contribution in [3.63, 3.8) is 0 Å². The van der Waals surface area contributed by atoms with E-state index in [0.29, 0.717) is 5.69 Å². The van der Waals surface area contributed by atoms with E-state index in [4.69, 9.17) is 5.73 Å². The summed E-state index contributed by atoms with van der Waals surface area (Å²) in [6, 6.07) is 10.3. The number of rotatable bonds is 2. The third-order valence-corrected chi connectivity index (χ3v) is 4.96. The lowest BCUT2D eigenvalue weighted by Gasteiger charge is -2.30. The maximum atomic E-state index is 11.7. The number of amides is 1. The van der Waals surface area contributed by atoms with E-state index in [9.17, 15) is 4.79 Å². The van der Waals surface area contributed by atoms with Gasteiger partial charge in [-0.25, -0.2) is 4.98 Å². The Hall–Kier alpha value is -2.82. The number of carbonyl (C=O) groups is 1. The molecule has 5 heteroatoms. The number of hydrogen-bond acceptors (Lipinski definition) is 3. The van der Waals surface area contributed by atoms with Crippen LogP contribution in [0, 0.1) is 13.8 Å². The highest BCUT2D eigenvalue weighted by atomic mass is 16.1. The number of aryl methyl sites for hydroxylation is 2. The Morgan fingerprint density at radius 3 is 2.75 bits per heavy atom. The molecule has 3 heterocycles. The van der Waals surface area contributed by atoms with Crippen molar-refractivity contribution in [2.45, 2.75) is 26.8 Å². The van der Waals surface area contributed by atoms with Gasteiger partial charge < -0.3 is 15.6 Å². The van der Waals surface area contributed by atoms with Crippen LogP contribution < -0.4 is 10.6 Å². The van der Waals surface area contributed by atoms with Gasteiger partial charge in [-0.2, -0.15) is 0 Å². The minimum atomic E-state index is -0.492. The second-order valence-corrected chi connectivity index (χ2v) is 6.43. The monoisotopic (exact) mass is 320 g/mol. The average molecular weight is 320 g/mol. The smallest absolute Gasteiger partial charge is 0.267 e. The molecule has 1 aliphatic rings. The summed E-state index contributed by atoms with van der Waals surface area (Å²) in [5.41, 5.74) is 11.7. The fourth-order valence-electron chi connectivity index (χ4n) is 3.47. The summed E-state index contributed by atoms with van der Waals surface area (Å²) in [6.45, 7) is 5.75. The molecule has 0 fully saturated rings. The minimum Gasteiger partial charge on any atom is -0.364 e. The lowest BCUT2D eigenvalue weighted by molar-refractivity contribution is 0.0996. The Balaban J connectivity index is 1.87. The number of hydrogen-bond donors (Lipinski definition) is 2. The van der Waals surface area contributed by atoms with Gasteiger partial charge in [-0.05, 0) is 43.0 Å². The highest BCUT2D eigenvalue weighted by molar-refractivity contribution is 6.00. The maximum Gasteiger partial charge on any atom is 0.267 e. The molecule has 0 radical (unpaired) electrons. The zero-order chi connectivity index (χ0) is 16.8. The summed E-state index contributed by atoms with van der Waals surface area (Å²) in [5, 5.41) is 1.02. The SMILES string of the molecule is Cc1[nH]c2c(N3CCc4ccccc4C3)nc(C(N)=O)cc2c1C. The van der Waals surface area contributed by atoms with Gasteiger partial charge in [-0.3, -0.25) is 4.79 Å². The molecule has 1 aromatic carbocycles. The van der Waals surface area contributed by atoms with Crippen molar-refractivity contribution in [1.82, 2.24) is 9.97 Å². The fourth-order valence-corrected chi connectivity index (χ4v) is 3.47. The molecule has 4 rings (SSSR count). The van der Waals surface area contributed by atoms with E-state index in [1.165, 1.54) is 11.1 Å². The predicted molar refractivity (Wildman–Crippen MR) is 95.3 cm³/mol. The van der Waals surface area contributed by atoms with Gasteiger partial charge >= 0.3 is 0 Å². The summed E-state index contributed by atoms with van der Waals surface area (Å²) in [5.74, 6) is 0.320. The molecule has 1 aliphatic heterocycles. The largest absolute Gasteiger partial charge is 0.364 e. The second kappa shape index (κ2) is 5.37. The lowest BCUT2D eigenvalue weighted by Crippen LogP contribution is -2.31. The number of pyridine rings is 1. The second-order valence-electron chi connectivity index (χ2n) is 6.43. The van der Waals surface area contributed by atoms with Crippen LogP contribution in [0.4, 0.5) is 5.82 Å². The molecule has 5 nitrogen and oxygen atoms in total. The molecule has 0 saturated carbocycles. The van der Waals surface area contributed by atoms with Crippen LogP contribution in [0.15, 0.2) is 30.3 Å². The van der Waals surface area contributed by atoms with Crippen LogP contribution in [-0.4, -0.2) is 22.4 Å². The average Bonchev–Trinajstić information content (AvgIpc) is 2.88. The number of primary amides is 1. The number of benzene rings is 1. The first-order valence-corrected chi connectivity index (χ1v) is 8.16. The molecule has 0 atom stereocenters. The normalized spacial score (nSPS) is 14.0. The van der Waals surface area contributed by atoms with Crippen molar-refractivity contribution in [3.05, 3.63) is 58.4 Å². The molecule has 3 aromatic rings. The van der Waals surface area contributed by atoms with E-state index in [1.807, 2.05) is 13.8 Å². The molecule has 1 amide bonds. The number of aromatic nitrogens is 2. The summed E-state index contributed by atoms with van der Waals surface area (Å²) >= 11 is 0. The molecule has 0 spiro atoms. The number of nitrogens with zero attached hydrogens (tertiary/aromatic N) is 2. The maximum absolute atomic E-state index is 11.7. The zero-order valence-electron chi connectivity index (χ0n) is 13.9. The van der Waals surface area contributed by atoms with E-state index in [0.717, 1.165) is 47.5 Å². The molecule has 122 valence electrons. The van der Waals surface area contributed by atoms with Gasteiger partial charge in [0.15, 0.2) is 5.82 Å². The topological polar surface area (TPSA) is 75.0 Å². The summed E-state index contributed by atoms with van der Waals surface area (Å²) < 4.78 is 0. The van der Waals surface area contributed by atoms with Gasteiger partial charge in [-0.15, -0.1) is 0 Å². The third-order valence-electron chi connectivity index (χ3n) is 4.96. The minimum absolute atomic E-state index is 0.318. The van der Waals surface area contributed by atoms with Gasteiger partial charge in [0, 0.05) is 24.2 Å². The number of anilines is 1. The Kier molecular flexibility index (Phi) is 3.30. The number of nitrogens with two attached hydrogens (primary N) is 1. The van der Waals surface area contributed by atoms with E-state index >= 15 is 0 Å². The Labute approximate surface area is 140 Å². The van der Waals surface area contributed by atoms with Gasteiger partial charge in [-0.1, -0.05) is 24.3 Å². The molecular weight excluding hydrogens is 300 g/mol. The number of nitrogens with one attached hydrogen (secondary N) is 1. The molecule has 0 bridgehead atoms. The number of aromatic amines is 1. The van der Waals surface area contributed by atoms with E-state index in [1.54, 1.807) is 6.07 Å². The number of fused-ring (bicyclic) bond motifs is 2. The van der Waals surface area contributed by atoms with Gasteiger partial charge in [0.05, 0.1) is 5.52 Å². The van der Waals surface area contributed by atoms with Crippen LogP contribution in [0.3, 0.4) is 0 Å². The van der Waals surface area contributed by atoms with Crippen molar-refractivity contribution in [2.24, 2.45) is 5.73 Å². The van der Waals surface area contributed by atoms with Gasteiger partial charge in [0.25, 0.3) is 5.91 Å². The Morgan fingerprint density at radius 2 is 2.00 bits per heavy atom. The first kappa shape index (κ1) is 14.8. The van der Waals surface area contributed by atoms with Crippen LogP contribution in [-0.2, 0) is 13.0 Å². The zero-order valence-corrected chi connectivity index (χ0v) is 13.9. The lowest BCUT2D eigenvalue weighted by atomic mass is 10.00. The molecule has 2 aromatic heterocycles. The van der Waals surface area contributed by atoms with E-state index in [-0.39, 0.29) is 0 Å². The Morgan fingerprint density at radius 1 is 1.25 bits per heavy atom. The predicted octanol–water partition coefficient (Wildman–Crippen LogP) is 2.84. The standard InChI is InChI=1S/C19H20N4O/c1-11-12(2)21-17-15(11)9-16(18(20)24)22-19(17)23-8-7-13-5-3-4-6-14(13)10-23/h3-6,9,21H,7-8,10H2,1-2H3,(H2,20,24). The van der Waals surface area contributed by atoms with Crippen molar-refractivity contribution in [3.8, 4) is 0 Å². The summed E-state index contributed by atoms with van der Waals surface area (Å²) in [6.07, 6.45) is 0.971. The highest BCUT2D eigenvalue weighted by Crippen LogP contribution is 2.32. The van der Waals surface area contributed by atoms with E-state index < -0.39 is 5.91 Å². The molecule has 0 aliphatic carbocycles. The fraction of sp³-hybridized carbons (Fsp3) is 0.263. The van der Waals surface area contributed by atoms with Crippen LogP contribution in [0.25, 0.3) is 10.9 Å². The molecule has 24 heavy (non-hydrogen) atoms. The van der Waals surface area contributed by atoms with Crippen molar-refractivity contribution < 1.29 is 4.79 Å². The first-order chi connectivity index (χ1) is 11.5. The summed E-state index contributed by atoms with van der Waals surface area (Å²) in [4.78, 5) is 22.0. The highest BCUT2D eigenvalue weighted by Gasteiger charge is 2.22. The van der Waals surface area contributed by atoms with Gasteiger partial charge in [0.1, 0.15) is 5.69 Å². The van der Waals surface area contributed by atoms with Crippen LogP contribution in [0.2, 0.25) is 0 Å². The van der Waals surface area contributed by atoms with Crippen LogP contribution in [0.1, 0.15) is 32.9 Å². The molecular formula is C19H20N4O. The number of carbonyl (C=O) groups excluding carboxylic acids is 1. The third kappa shape index (κ3) is 2.24. The Bertz CT molecular complexity index is 957. The quantitative estimate of drug-likeness (QED) is 0.762. The number of H-pyrrole nitrogens is 1. The van der Waals surface area contributed by atoms with E-state index in [2.05, 4.69) is 39.1 Å². The molecule has 3 N–H and O–H groups in total. The molecule has 0 unspecified atom stereocenters. The van der Waals surface area contributed by atoms with Crippen molar-refractivity contribution in [1.29, 1.82) is 0 Å². The molecule has 0 saturated heterocycles. The van der Waals surface area contributed by atoms with Crippen molar-refractivity contribution in [2.75, 3.05) is 11.4 Å². The van der Waals surface area contributed by atoms with Crippen LogP contribution in [0.5, 0.6) is 0 Å². The van der Waals surface area contributed by atoms with Crippen molar-refractivity contribution >= 4 is 22.6 Å². The first-order valence-electron chi connectivity index (χ1n) is 8.16. The summed E-state index contributed by atoms with van der Waals surface area (Å²) in [7, 11) is 0. The van der Waals surface area contributed by atoms with Gasteiger partial charge in [0.2, 0.25) is 0 Å². The van der Waals surface area contributed by atoms with Crippen LogP contribution >= 0.6 is 0 Å².